The highest BCUT2D eigenvalue weighted by atomic mass is 35.5. The lowest BCUT2D eigenvalue weighted by Crippen LogP contribution is -2.42. The molecular weight excluding hydrogens is 324 g/mol. The van der Waals surface area contributed by atoms with Gasteiger partial charge in [0.15, 0.2) is 0 Å². The zero-order valence-electron chi connectivity index (χ0n) is 15.5. The summed E-state index contributed by atoms with van der Waals surface area (Å²) >= 11 is 6.73. The molecule has 1 saturated heterocycles. The first-order chi connectivity index (χ1) is 11.1. The Kier molecular flexibility index (Phi) is 6.23. The van der Waals surface area contributed by atoms with Gasteiger partial charge in [-0.05, 0) is 63.9 Å². The molecule has 2 rings (SSSR count). The molecule has 24 heavy (non-hydrogen) atoms. The van der Waals surface area contributed by atoms with E-state index in [1.54, 1.807) is 0 Å². The molecule has 4 atom stereocenters. The summed E-state index contributed by atoms with van der Waals surface area (Å²) in [4.78, 5) is 0. The standard InChI is InChI=1S/C20H33ClO3/c1-15(2)20-12-10-18(3,23)9-5-6-16(14-22)7-8-17(21)19(4,24-20)11-13-20/h6,10,12,15,17,22-23H,5,7-9,11,13-14H2,1-4H3/b12-10+,16-6+/t17-,18+,19-,20-/m0/s1. The maximum atomic E-state index is 10.7. The van der Waals surface area contributed by atoms with Crippen LogP contribution in [0.15, 0.2) is 23.8 Å². The van der Waals surface area contributed by atoms with Crippen LogP contribution in [0.4, 0.5) is 0 Å². The van der Waals surface area contributed by atoms with Crippen LogP contribution in [0, 0.1) is 5.92 Å². The van der Waals surface area contributed by atoms with Crippen molar-refractivity contribution in [2.24, 2.45) is 5.92 Å². The zero-order chi connectivity index (χ0) is 18.0. The Morgan fingerprint density at radius 1 is 1.25 bits per heavy atom. The van der Waals surface area contributed by atoms with Gasteiger partial charge in [-0.1, -0.05) is 32.1 Å². The number of alkyl halides is 1. The predicted molar refractivity (Wildman–Crippen MR) is 99.3 cm³/mol. The SMILES string of the molecule is CC(C)[C@]12/C=C/[C@](C)(O)CC/C=C(/CO)CC[C@H](Cl)[C@](C)(CC1)O2. The minimum absolute atomic E-state index is 0.0507. The minimum atomic E-state index is -0.879. The normalized spacial score (nSPS) is 45.0. The van der Waals surface area contributed by atoms with Crippen molar-refractivity contribution in [2.75, 3.05) is 6.61 Å². The third-order valence-corrected chi connectivity index (χ3v) is 6.49. The Labute approximate surface area is 151 Å². The molecule has 0 aliphatic carbocycles. The van der Waals surface area contributed by atoms with Crippen LogP contribution in [0.5, 0.6) is 0 Å². The molecule has 2 bridgehead atoms. The molecule has 2 heterocycles. The van der Waals surface area contributed by atoms with Crippen molar-refractivity contribution in [1.82, 2.24) is 0 Å². The van der Waals surface area contributed by atoms with Crippen molar-refractivity contribution in [3.8, 4) is 0 Å². The number of halogens is 1. The van der Waals surface area contributed by atoms with Crippen LogP contribution < -0.4 is 0 Å². The van der Waals surface area contributed by atoms with Crippen LogP contribution in [-0.2, 0) is 4.74 Å². The monoisotopic (exact) mass is 356 g/mol. The zero-order valence-corrected chi connectivity index (χ0v) is 16.3. The molecule has 0 unspecified atom stereocenters. The molecule has 2 N–H and O–H groups in total. The van der Waals surface area contributed by atoms with Crippen LogP contribution in [0.1, 0.15) is 66.2 Å². The maximum Gasteiger partial charge on any atom is 0.0895 e. The lowest BCUT2D eigenvalue weighted by Gasteiger charge is -2.37. The average Bonchev–Trinajstić information content (AvgIpc) is 2.88. The molecule has 2 aliphatic heterocycles. The first kappa shape index (κ1) is 20.0. The van der Waals surface area contributed by atoms with Gasteiger partial charge in [-0.15, -0.1) is 11.6 Å². The van der Waals surface area contributed by atoms with Crippen molar-refractivity contribution in [3.05, 3.63) is 23.8 Å². The number of rotatable bonds is 2. The summed E-state index contributed by atoms with van der Waals surface area (Å²) in [5, 5.41) is 20.1. The van der Waals surface area contributed by atoms with Gasteiger partial charge in [0, 0.05) is 0 Å². The van der Waals surface area contributed by atoms with E-state index in [0.29, 0.717) is 12.3 Å². The third-order valence-electron chi connectivity index (χ3n) is 5.81. The van der Waals surface area contributed by atoms with Gasteiger partial charge in [0.1, 0.15) is 0 Å². The average molecular weight is 357 g/mol. The summed E-state index contributed by atoms with van der Waals surface area (Å²) in [7, 11) is 0. The van der Waals surface area contributed by atoms with Gasteiger partial charge in [0.2, 0.25) is 0 Å². The molecule has 4 heteroatoms. The summed E-state index contributed by atoms with van der Waals surface area (Å²) in [6.07, 6.45) is 10.8. The Bertz CT molecular complexity index is 497. The molecule has 0 aromatic heterocycles. The van der Waals surface area contributed by atoms with E-state index in [9.17, 15) is 10.2 Å². The lowest BCUT2D eigenvalue weighted by molar-refractivity contribution is -0.0932. The second kappa shape index (κ2) is 7.49. The van der Waals surface area contributed by atoms with Crippen LogP contribution in [0.25, 0.3) is 0 Å². The van der Waals surface area contributed by atoms with Crippen LogP contribution in [0.2, 0.25) is 0 Å². The highest BCUT2D eigenvalue weighted by molar-refractivity contribution is 6.21. The minimum Gasteiger partial charge on any atom is -0.392 e. The highest BCUT2D eigenvalue weighted by Crippen LogP contribution is 2.47. The Morgan fingerprint density at radius 3 is 2.58 bits per heavy atom. The highest BCUT2D eigenvalue weighted by Gasteiger charge is 2.50. The molecule has 1 fully saturated rings. The summed E-state index contributed by atoms with van der Waals surface area (Å²) in [6.45, 7) is 8.31. The molecule has 2 aliphatic rings. The Hall–Kier alpha value is -0.350. The Balaban J connectivity index is 2.34. The summed E-state index contributed by atoms with van der Waals surface area (Å²) in [5.74, 6) is 0.312. The number of aliphatic hydroxyl groups is 2. The van der Waals surface area contributed by atoms with Crippen LogP contribution >= 0.6 is 11.6 Å². The fraction of sp³-hybridized carbons (Fsp3) is 0.800. The van der Waals surface area contributed by atoms with Gasteiger partial charge in [-0.2, -0.15) is 0 Å². The molecule has 3 nitrogen and oxygen atoms in total. The summed E-state index contributed by atoms with van der Waals surface area (Å²) in [6, 6.07) is 0. The number of hydrogen-bond donors (Lipinski definition) is 2. The van der Waals surface area contributed by atoms with Crippen molar-refractivity contribution in [3.63, 3.8) is 0 Å². The molecule has 0 spiro atoms. The summed E-state index contributed by atoms with van der Waals surface area (Å²) in [5.41, 5.74) is -0.629. The van der Waals surface area contributed by atoms with Gasteiger partial charge < -0.3 is 14.9 Å². The van der Waals surface area contributed by atoms with E-state index < -0.39 is 5.60 Å². The largest absolute Gasteiger partial charge is 0.392 e. The van der Waals surface area contributed by atoms with E-state index in [-0.39, 0.29) is 23.2 Å². The van der Waals surface area contributed by atoms with Gasteiger partial charge in [0.25, 0.3) is 0 Å². The van der Waals surface area contributed by atoms with E-state index in [1.807, 2.05) is 19.1 Å². The fourth-order valence-corrected chi connectivity index (χ4v) is 4.01. The first-order valence-corrected chi connectivity index (χ1v) is 9.62. The van der Waals surface area contributed by atoms with Gasteiger partial charge in [-0.3, -0.25) is 0 Å². The van der Waals surface area contributed by atoms with Crippen molar-refractivity contribution in [2.45, 2.75) is 88.4 Å². The van der Waals surface area contributed by atoms with Gasteiger partial charge >= 0.3 is 0 Å². The quantitative estimate of drug-likeness (QED) is 0.571. The fourth-order valence-electron chi connectivity index (χ4n) is 3.75. The third kappa shape index (κ3) is 4.43. The van der Waals surface area contributed by atoms with Crippen LogP contribution in [-0.4, -0.2) is 39.0 Å². The van der Waals surface area contributed by atoms with Crippen LogP contribution in [0.3, 0.4) is 0 Å². The first-order valence-electron chi connectivity index (χ1n) is 9.18. The van der Waals surface area contributed by atoms with Crippen molar-refractivity contribution in [1.29, 1.82) is 0 Å². The molecule has 0 aromatic carbocycles. The topological polar surface area (TPSA) is 49.7 Å². The smallest absolute Gasteiger partial charge is 0.0895 e. The van der Waals surface area contributed by atoms with E-state index in [0.717, 1.165) is 37.7 Å². The second-order valence-electron chi connectivity index (χ2n) is 8.28. The molecule has 0 saturated carbocycles. The predicted octanol–water partition coefficient (Wildman–Crippen LogP) is 4.36. The molecule has 0 radical (unpaired) electrons. The number of allylic oxidation sites excluding steroid dienone is 1. The van der Waals surface area contributed by atoms with E-state index in [4.69, 9.17) is 16.3 Å². The summed E-state index contributed by atoms with van der Waals surface area (Å²) < 4.78 is 6.57. The van der Waals surface area contributed by atoms with E-state index in [1.165, 1.54) is 0 Å². The molecular formula is C20H33ClO3. The number of aliphatic hydroxyl groups excluding tert-OH is 1. The Morgan fingerprint density at radius 2 is 1.96 bits per heavy atom. The van der Waals surface area contributed by atoms with E-state index >= 15 is 0 Å². The molecule has 138 valence electrons. The maximum absolute atomic E-state index is 10.7. The van der Waals surface area contributed by atoms with Crippen molar-refractivity contribution >= 4 is 11.6 Å². The van der Waals surface area contributed by atoms with Gasteiger partial charge in [0.05, 0.1) is 28.8 Å². The number of ether oxygens (including phenoxy) is 1. The second-order valence-corrected chi connectivity index (χ2v) is 8.81. The van der Waals surface area contributed by atoms with Gasteiger partial charge in [-0.25, -0.2) is 0 Å². The molecule has 0 amide bonds. The number of fused-ring (bicyclic) bond motifs is 2. The van der Waals surface area contributed by atoms with E-state index in [2.05, 4.69) is 26.8 Å². The lowest BCUT2D eigenvalue weighted by atomic mass is 9.84. The number of hydrogen-bond acceptors (Lipinski definition) is 3. The molecule has 0 aromatic rings. The van der Waals surface area contributed by atoms with Crippen molar-refractivity contribution < 1.29 is 14.9 Å².